The molecule has 2 heterocycles. The van der Waals surface area contributed by atoms with Crippen LogP contribution in [-0.2, 0) is 0 Å². The van der Waals surface area contributed by atoms with E-state index in [-0.39, 0.29) is 0 Å². The van der Waals surface area contributed by atoms with Crippen molar-refractivity contribution >= 4 is 11.3 Å². The Morgan fingerprint density at radius 1 is 1.62 bits per heavy atom. The minimum Gasteiger partial charge on any atom is -0.330 e. The molecule has 0 aliphatic carbocycles. The lowest BCUT2D eigenvalue weighted by Gasteiger charge is -2.30. The van der Waals surface area contributed by atoms with E-state index < -0.39 is 0 Å². The zero-order chi connectivity index (χ0) is 11.5. The van der Waals surface area contributed by atoms with Crippen molar-refractivity contribution in [3.63, 3.8) is 0 Å². The summed E-state index contributed by atoms with van der Waals surface area (Å²) in [6.07, 6.45) is 2.46. The van der Waals surface area contributed by atoms with Crippen LogP contribution in [0.15, 0.2) is 17.5 Å². The summed E-state index contributed by atoms with van der Waals surface area (Å²) in [7, 11) is 0. The minimum atomic E-state index is 0.603. The molecule has 90 valence electrons. The van der Waals surface area contributed by atoms with Gasteiger partial charge < -0.3 is 5.73 Å². The first-order valence-electron chi connectivity index (χ1n) is 6.25. The summed E-state index contributed by atoms with van der Waals surface area (Å²) in [5.74, 6) is 0.698. The molecule has 1 fully saturated rings. The van der Waals surface area contributed by atoms with E-state index >= 15 is 0 Å². The predicted octanol–water partition coefficient (Wildman–Crippen LogP) is 2.87. The highest BCUT2D eigenvalue weighted by atomic mass is 32.1. The first-order valence-corrected chi connectivity index (χ1v) is 7.13. The van der Waals surface area contributed by atoms with Crippen molar-refractivity contribution in [3.8, 4) is 0 Å². The third-order valence-electron chi connectivity index (χ3n) is 3.70. The van der Waals surface area contributed by atoms with Crippen molar-refractivity contribution in [2.24, 2.45) is 11.7 Å². The van der Waals surface area contributed by atoms with Gasteiger partial charge in [-0.15, -0.1) is 11.3 Å². The van der Waals surface area contributed by atoms with Gasteiger partial charge in [-0.25, -0.2) is 0 Å². The zero-order valence-electron chi connectivity index (χ0n) is 10.2. The Morgan fingerprint density at radius 2 is 2.44 bits per heavy atom. The number of nitrogens with zero attached hydrogens (tertiary/aromatic N) is 1. The molecule has 2 N–H and O–H groups in total. The summed E-state index contributed by atoms with van der Waals surface area (Å²) in [4.78, 5) is 4.15. The lowest BCUT2D eigenvalue weighted by Crippen LogP contribution is -2.31. The number of nitrogens with two attached hydrogens (primary N) is 1. The van der Waals surface area contributed by atoms with Gasteiger partial charge in [0, 0.05) is 23.5 Å². The SMILES string of the molecule is CCC(c1cccs1)N1CC(CN)CC1C. The van der Waals surface area contributed by atoms with Crippen LogP contribution < -0.4 is 5.73 Å². The monoisotopic (exact) mass is 238 g/mol. The van der Waals surface area contributed by atoms with Gasteiger partial charge in [-0.05, 0) is 43.7 Å². The minimum absolute atomic E-state index is 0.603. The highest BCUT2D eigenvalue weighted by Crippen LogP contribution is 2.35. The standard InChI is InChI=1S/C13H22N2S/c1-3-12(13-5-4-6-16-13)15-9-11(8-14)7-10(15)2/h4-6,10-12H,3,7-9,14H2,1-2H3. The normalized spacial score (nSPS) is 28.4. The molecule has 3 heteroatoms. The van der Waals surface area contributed by atoms with E-state index in [4.69, 9.17) is 5.73 Å². The zero-order valence-corrected chi connectivity index (χ0v) is 11.0. The third kappa shape index (κ3) is 2.31. The maximum absolute atomic E-state index is 5.79. The predicted molar refractivity (Wildman–Crippen MR) is 70.7 cm³/mol. The fourth-order valence-electron chi connectivity index (χ4n) is 2.86. The van der Waals surface area contributed by atoms with E-state index in [1.54, 1.807) is 0 Å². The van der Waals surface area contributed by atoms with Crippen LogP contribution in [0.5, 0.6) is 0 Å². The lowest BCUT2D eigenvalue weighted by atomic mass is 10.1. The first kappa shape index (κ1) is 12.1. The molecule has 2 nitrogen and oxygen atoms in total. The van der Waals surface area contributed by atoms with Crippen molar-refractivity contribution in [2.45, 2.75) is 38.8 Å². The molecule has 16 heavy (non-hydrogen) atoms. The van der Waals surface area contributed by atoms with Crippen LogP contribution in [0, 0.1) is 5.92 Å². The molecule has 0 spiro atoms. The van der Waals surface area contributed by atoms with Crippen molar-refractivity contribution in [3.05, 3.63) is 22.4 Å². The number of rotatable bonds is 4. The largest absolute Gasteiger partial charge is 0.330 e. The van der Waals surface area contributed by atoms with E-state index in [2.05, 4.69) is 36.3 Å². The Balaban J connectivity index is 2.10. The quantitative estimate of drug-likeness (QED) is 0.874. The summed E-state index contributed by atoms with van der Waals surface area (Å²) in [6, 6.07) is 5.71. The summed E-state index contributed by atoms with van der Waals surface area (Å²) in [5, 5.41) is 2.18. The maximum Gasteiger partial charge on any atom is 0.0441 e. The first-order chi connectivity index (χ1) is 7.76. The molecule has 2 rings (SSSR count). The van der Waals surface area contributed by atoms with Crippen molar-refractivity contribution in [1.29, 1.82) is 0 Å². The second-order valence-corrected chi connectivity index (χ2v) is 5.80. The van der Waals surface area contributed by atoms with Gasteiger partial charge in [-0.2, -0.15) is 0 Å². The Morgan fingerprint density at radius 3 is 2.94 bits per heavy atom. The van der Waals surface area contributed by atoms with Gasteiger partial charge in [0.05, 0.1) is 0 Å². The van der Waals surface area contributed by atoms with Gasteiger partial charge in [0.1, 0.15) is 0 Å². The number of hydrogen-bond donors (Lipinski definition) is 1. The molecule has 1 aliphatic rings. The Hall–Kier alpha value is -0.380. The van der Waals surface area contributed by atoms with Gasteiger partial charge >= 0.3 is 0 Å². The van der Waals surface area contributed by atoms with Crippen LogP contribution in [0.2, 0.25) is 0 Å². The molecule has 0 amide bonds. The second kappa shape index (κ2) is 5.30. The van der Waals surface area contributed by atoms with E-state index in [0.29, 0.717) is 18.0 Å². The summed E-state index contributed by atoms with van der Waals surface area (Å²) in [6.45, 7) is 6.63. The van der Waals surface area contributed by atoms with Gasteiger partial charge in [-0.1, -0.05) is 13.0 Å². The topological polar surface area (TPSA) is 29.3 Å². The van der Waals surface area contributed by atoms with Crippen LogP contribution in [0.4, 0.5) is 0 Å². The Bertz CT molecular complexity index is 310. The summed E-state index contributed by atoms with van der Waals surface area (Å²) in [5.41, 5.74) is 5.79. The molecule has 1 aliphatic heterocycles. The van der Waals surface area contributed by atoms with Gasteiger partial charge in [0.15, 0.2) is 0 Å². The summed E-state index contributed by atoms with van der Waals surface area (Å²) >= 11 is 1.88. The average molecular weight is 238 g/mol. The molecule has 3 atom stereocenters. The molecule has 3 unspecified atom stereocenters. The van der Waals surface area contributed by atoms with Crippen molar-refractivity contribution in [1.82, 2.24) is 4.90 Å². The molecule has 0 saturated carbocycles. The van der Waals surface area contributed by atoms with E-state index in [9.17, 15) is 0 Å². The Labute approximate surface area is 102 Å². The van der Waals surface area contributed by atoms with E-state index in [1.165, 1.54) is 24.3 Å². The van der Waals surface area contributed by atoms with Crippen molar-refractivity contribution in [2.75, 3.05) is 13.1 Å². The molecular formula is C13H22N2S. The lowest BCUT2D eigenvalue weighted by molar-refractivity contribution is 0.185. The van der Waals surface area contributed by atoms with Crippen LogP contribution in [-0.4, -0.2) is 24.0 Å². The molecule has 1 aromatic heterocycles. The van der Waals surface area contributed by atoms with Crippen LogP contribution in [0.3, 0.4) is 0 Å². The molecule has 0 bridgehead atoms. The maximum atomic E-state index is 5.79. The van der Waals surface area contributed by atoms with Gasteiger partial charge in [-0.3, -0.25) is 4.90 Å². The van der Waals surface area contributed by atoms with E-state index in [0.717, 1.165) is 6.54 Å². The van der Waals surface area contributed by atoms with Gasteiger partial charge in [0.2, 0.25) is 0 Å². The second-order valence-electron chi connectivity index (χ2n) is 4.82. The molecule has 1 saturated heterocycles. The average Bonchev–Trinajstić information content (AvgIpc) is 2.91. The smallest absolute Gasteiger partial charge is 0.0441 e. The fourth-order valence-corrected chi connectivity index (χ4v) is 3.79. The Kier molecular flexibility index (Phi) is 4.00. The van der Waals surface area contributed by atoms with Crippen molar-refractivity contribution < 1.29 is 0 Å². The fraction of sp³-hybridized carbons (Fsp3) is 0.692. The number of hydrogen-bond acceptors (Lipinski definition) is 3. The number of likely N-dealkylation sites (tertiary alicyclic amines) is 1. The molecule has 0 radical (unpaired) electrons. The van der Waals surface area contributed by atoms with Gasteiger partial charge in [0.25, 0.3) is 0 Å². The molecular weight excluding hydrogens is 216 g/mol. The van der Waals surface area contributed by atoms with Crippen LogP contribution in [0.1, 0.15) is 37.6 Å². The highest BCUT2D eigenvalue weighted by molar-refractivity contribution is 7.10. The van der Waals surface area contributed by atoms with Crippen LogP contribution in [0.25, 0.3) is 0 Å². The van der Waals surface area contributed by atoms with E-state index in [1.807, 2.05) is 11.3 Å². The summed E-state index contributed by atoms with van der Waals surface area (Å²) < 4.78 is 0. The molecule has 0 aromatic carbocycles. The molecule has 1 aromatic rings. The highest BCUT2D eigenvalue weighted by Gasteiger charge is 2.33. The third-order valence-corrected chi connectivity index (χ3v) is 4.68. The van der Waals surface area contributed by atoms with Crippen LogP contribution >= 0.6 is 11.3 Å². The number of thiophene rings is 1.